The van der Waals surface area contributed by atoms with Gasteiger partial charge in [0.05, 0.1) is 12.2 Å². The molecule has 5 heteroatoms. The molecule has 0 aliphatic carbocycles. The highest BCUT2D eigenvalue weighted by atomic mass is 32.2. The molecule has 0 spiro atoms. The molecule has 1 atom stereocenters. The highest BCUT2D eigenvalue weighted by molar-refractivity contribution is 7.99. The largest absolute Gasteiger partial charge is 0.395 e. The molecule has 0 radical (unpaired) electrons. The summed E-state index contributed by atoms with van der Waals surface area (Å²) in [4.78, 5) is 12.1. The number of nitrogens with one attached hydrogen (secondary N) is 1. The minimum absolute atomic E-state index is 0.0130. The summed E-state index contributed by atoms with van der Waals surface area (Å²) in [5.74, 6) is 7.29. The van der Waals surface area contributed by atoms with E-state index in [1.807, 2.05) is 11.8 Å². The van der Waals surface area contributed by atoms with E-state index in [4.69, 9.17) is 5.11 Å². The Kier molecular flexibility index (Phi) is 6.09. The summed E-state index contributed by atoms with van der Waals surface area (Å²) in [5, 5.41) is 11.5. The van der Waals surface area contributed by atoms with Crippen LogP contribution in [0.5, 0.6) is 0 Å². The quantitative estimate of drug-likeness (QED) is 0.837. The molecule has 0 saturated carbocycles. The number of aliphatic hydroxyl groups is 1. The van der Waals surface area contributed by atoms with Gasteiger partial charge in [-0.05, 0) is 42.0 Å². The van der Waals surface area contributed by atoms with Crippen molar-refractivity contribution < 1.29 is 14.3 Å². The van der Waals surface area contributed by atoms with Crippen LogP contribution in [-0.2, 0) is 0 Å². The molecule has 3 nitrogen and oxygen atoms in total. The SMILES string of the molecule is O=C(NCC1CCSC1)c1cc(C#CCCO)ccc1F. The Labute approximate surface area is 128 Å². The second-order valence-electron chi connectivity index (χ2n) is 4.91. The van der Waals surface area contributed by atoms with Gasteiger partial charge in [0, 0.05) is 18.5 Å². The fourth-order valence-corrected chi connectivity index (χ4v) is 3.36. The van der Waals surface area contributed by atoms with Gasteiger partial charge in [-0.15, -0.1) is 0 Å². The first kappa shape index (κ1) is 15.9. The van der Waals surface area contributed by atoms with Crippen LogP contribution < -0.4 is 5.32 Å². The van der Waals surface area contributed by atoms with E-state index in [1.54, 1.807) is 0 Å². The van der Waals surface area contributed by atoms with Crippen molar-refractivity contribution in [2.75, 3.05) is 24.7 Å². The molecule has 1 unspecified atom stereocenters. The van der Waals surface area contributed by atoms with Gasteiger partial charge in [-0.1, -0.05) is 11.8 Å². The summed E-state index contributed by atoms with van der Waals surface area (Å²) in [5.41, 5.74) is 0.600. The van der Waals surface area contributed by atoms with E-state index in [-0.39, 0.29) is 12.2 Å². The number of aliphatic hydroxyl groups excluding tert-OH is 1. The molecule has 1 aromatic carbocycles. The monoisotopic (exact) mass is 307 g/mol. The molecule has 1 aromatic rings. The van der Waals surface area contributed by atoms with Crippen molar-refractivity contribution in [3.8, 4) is 11.8 Å². The van der Waals surface area contributed by atoms with Gasteiger partial charge in [0.25, 0.3) is 5.91 Å². The van der Waals surface area contributed by atoms with Crippen LogP contribution in [0.15, 0.2) is 18.2 Å². The van der Waals surface area contributed by atoms with Gasteiger partial charge in [-0.2, -0.15) is 11.8 Å². The summed E-state index contributed by atoms with van der Waals surface area (Å²) < 4.78 is 13.8. The predicted octanol–water partition coefficient (Wildman–Crippen LogP) is 2.04. The standard InChI is InChI=1S/C16H18FNO2S/c17-15-5-4-12(3-1-2-7-19)9-14(15)16(20)18-10-13-6-8-21-11-13/h4-5,9,13,19H,2,6-8,10-11H2,(H,18,20). The minimum atomic E-state index is -0.541. The first-order valence-electron chi connectivity index (χ1n) is 6.96. The molecule has 1 fully saturated rings. The minimum Gasteiger partial charge on any atom is -0.395 e. The maximum atomic E-state index is 13.8. The lowest BCUT2D eigenvalue weighted by Gasteiger charge is -2.10. The maximum absolute atomic E-state index is 13.8. The number of benzene rings is 1. The first-order valence-corrected chi connectivity index (χ1v) is 8.11. The average Bonchev–Trinajstić information content (AvgIpc) is 3.00. The number of carbonyl (C=O) groups is 1. The number of halogens is 1. The molecule has 1 saturated heterocycles. The highest BCUT2D eigenvalue weighted by Crippen LogP contribution is 2.22. The lowest BCUT2D eigenvalue weighted by atomic mass is 10.1. The van der Waals surface area contributed by atoms with Gasteiger partial charge in [0.15, 0.2) is 0 Å². The van der Waals surface area contributed by atoms with Crippen molar-refractivity contribution in [1.82, 2.24) is 5.32 Å². The van der Waals surface area contributed by atoms with Crippen LogP contribution in [0.25, 0.3) is 0 Å². The van der Waals surface area contributed by atoms with E-state index in [9.17, 15) is 9.18 Å². The van der Waals surface area contributed by atoms with Crippen molar-refractivity contribution >= 4 is 17.7 Å². The molecule has 2 rings (SSSR count). The number of carbonyl (C=O) groups excluding carboxylic acids is 1. The van der Waals surface area contributed by atoms with Crippen LogP contribution in [0.3, 0.4) is 0 Å². The predicted molar refractivity (Wildman–Crippen MR) is 82.7 cm³/mol. The van der Waals surface area contributed by atoms with Crippen molar-refractivity contribution in [2.24, 2.45) is 5.92 Å². The Morgan fingerprint density at radius 2 is 2.38 bits per heavy atom. The van der Waals surface area contributed by atoms with E-state index < -0.39 is 11.7 Å². The third-order valence-corrected chi connectivity index (χ3v) is 4.49. The number of rotatable bonds is 4. The van der Waals surface area contributed by atoms with Gasteiger partial charge >= 0.3 is 0 Å². The lowest BCUT2D eigenvalue weighted by Crippen LogP contribution is -2.30. The summed E-state index contributed by atoms with van der Waals surface area (Å²) in [7, 11) is 0. The molecule has 0 aromatic heterocycles. The van der Waals surface area contributed by atoms with Crippen molar-refractivity contribution in [3.05, 3.63) is 35.1 Å². The molecular formula is C16H18FNO2S. The topological polar surface area (TPSA) is 49.3 Å². The molecule has 1 heterocycles. The zero-order valence-electron chi connectivity index (χ0n) is 11.7. The van der Waals surface area contributed by atoms with Crippen LogP contribution in [0.1, 0.15) is 28.8 Å². The fourth-order valence-electron chi connectivity index (χ4n) is 2.07. The Hall–Kier alpha value is -1.51. The molecule has 1 amide bonds. The molecule has 2 N–H and O–H groups in total. The van der Waals surface area contributed by atoms with Crippen LogP contribution in [0.2, 0.25) is 0 Å². The fraction of sp³-hybridized carbons (Fsp3) is 0.438. The van der Waals surface area contributed by atoms with Crippen molar-refractivity contribution in [2.45, 2.75) is 12.8 Å². The molecular weight excluding hydrogens is 289 g/mol. The summed E-state index contributed by atoms with van der Waals surface area (Å²) in [6.07, 6.45) is 1.46. The Bertz CT molecular complexity index is 559. The van der Waals surface area contributed by atoms with Crippen LogP contribution in [0.4, 0.5) is 4.39 Å². The number of hydrogen-bond acceptors (Lipinski definition) is 3. The van der Waals surface area contributed by atoms with Crippen molar-refractivity contribution in [3.63, 3.8) is 0 Å². The summed E-state index contributed by atoms with van der Waals surface area (Å²) in [6.45, 7) is 0.576. The maximum Gasteiger partial charge on any atom is 0.254 e. The molecule has 21 heavy (non-hydrogen) atoms. The lowest BCUT2D eigenvalue weighted by molar-refractivity contribution is 0.0944. The Morgan fingerprint density at radius 3 is 3.10 bits per heavy atom. The van der Waals surface area contributed by atoms with E-state index in [0.717, 1.165) is 17.9 Å². The first-order chi connectivity index (χ1) is 10.2. The van der Waals surface area contributed by atoms with Gasteiger partial charge in [-0.3, -0.25) is 4.79 Å². The Balaban J connectivity index is 2.01. The van der Waals surface area contributed by atoms with Gasteiger partial charge in [-0.25, -0.2) is 4.39 Å². The normalized spacial score (nSPS) is 17.1. The van der Waals surface area contributed by atoms with Gasteiger partial charge in [0.1, 0.15) is 5.82 Å². The third kappa shape index (κ3) is 4.76. The number of hydrogen-bond donors (Lipinski definition) is 2. The summed E-state index contributed by atoms with van der Waals surface area (Å²) >= 11 is 1.88. The van der Waals surface area contributed by atoms with Gasteiger partial charge in [0.2, 0.25) is 0 Å². The van der Waals surface area contributed by atoms with Crippen LogP contribution >= 0.6 is 11.8 Å². The van der Waals surface area contributed by atoms with Gasteiger partial charge < -0.3 is 10.4 Å². The number of thioether (sulfide) groups is 1. The van der Waals surface area contributed by atoms with Crippen LogP contribution in [-0.4, -0.2) is 35.7 Å². The average molecular weight is 307 g/mol. The molecule has 1 aliphatic heterocycles. The zero-order chi connectivity index (χ0) is 15.1. The summed E-state index contributed by atoms with van der Waals surface area (Å²) in [6, 6.07) is 4.24. The van der Waals surface area contributed by atoms with E-state index in [1.165, 1.54) is 18.2 Å². The second-order valence-corrected chi connectivity index (χ2v) is 6.06. The highest BCUT2D eigenvalue weighted by Gasteiger charge is 2.18. The smallest absolute Gasteiger partial charge is 0.254 e. The zero-order valence-corrected chi connectivity index (χ0v) is 12.5. The van der Waals surface area contributed by atoms with E-state index >= 15 is 0 Å². The molecule has 112 valence electrons. The molecule has 0 bridgehead atoms. The number of amides is 1. The Morgan fingerprint density at radius 1 is 1.52 bits per heavy atom. The molecule has 1 aliphatic rings. The third-order valence-electron chi connectivity index (χ3n) is 3.26. The van der Waals surface area contributed by atoms with E-state index in [2.05, 4.69) is 17.2 Å². The van der Waals surface area contributed by atoms with E-state index in [0.29, 0.717) is 24.4 Å². The van der Waals surface area contributed by atoms with Crippen molar-refractivity contribution in [1.29, 1.82) is 0 Å². The van der Waals surface area contributed by atoms with Crippen LogP contribution in [0, 0.1) is 23.6 Å². The second kappa shape index (κ2) is 8.06.